The maximum Gasteiger partial charge on any atom is 0.336 e. The van der Waals surface area contributed by atoms with Gasteiger partial charge in [-0.05, 0) is 28.7 Å². The topological polar surface area (TPSA) is 59.7 Å². The largest absolute Gasteiger partial charge is 0.507 e. The van der Waals surface area contributed by atoms with Crippen LogP contribution in [0, 0.1) is 3.57 Å². The highest BCUT2D eigenvalue weighted by molar-refractivity contribution is 14.1. The molecule has 1 heterocycles. The van der Waals surface area contributed by atoms with Crippen LogP contribution in [0.4, 0.5) is 0 Å². The quantitative estimate of drug-likeness (QED) is 0.646. The molecule has 0 spiro atoms. The first-order chi connectivity index (χ1) is 7.13. The molecule has 1 N–H and O–H groups in total. The summed E-state index contributed by atoms with van der Waals surface area (Å²) in [4.78, 5) is 11.1. The molecule has 5 heteroatoms. The Morgan fingerprint density at radius 3 is 2.87 bits per heavy atom. The van der Waals surface area contributed by atoms with Gasteiger partial charge in [0.15, 0.2) is 5.58 Å². The summed E-state index contributed by atoms with van der Waals surface area (Å²) in [5, 5.41) is 10.2. The van der Waals surface area contributed by atoms with E-state index in [0.717, 1.165) is 0 Å². The minimum Gasteiger partial charge on any atom is -0.507 e. The number of benzene rings is 1. The number of halogens is 1. The van der Waals surface area contributed by atoms with E-state index in [1.165, 1.54) is 19.2 Å². The number of ether oxygens (including phenoxy) is 1. The number of fused-ring (bicyclic) bond motifs is 1. The second kappa shape index (κ2) is 3.73. The van der Waals surface area contributed by atoms with Gasteiger partial charge in [-0.15, -0.1) is 0 Å². The monoisotopic (exact) mass is 318 g/mol. The van der Waals surface area contributed by atoms with Crippen molar-refractivity contribution in [1.82, 2.24) is 0 Å². The van der Waals surface area contributed by atoms with Gasteiger partial charge in [0.1, 0.15) is 11.5 Å². The Morgan fingerprint density at radius 2 is 2.20 bits per heavy atom. The van der Waals surface area contributed by atoms with Crippen LogP contribution in [-0.2, 0) is 0 Å². The van der Waals surface area contributed by atoms with Crippen LogP contribution in [0.15, 0.2) is 27.4 Å². The van der Waals surface area contributed by atoms with Crippen molar-refractivity contribution >= 4 is 33.6 Å². The fourth-order valence-corrected chi connectivity index (χ4v) is 1.88. The first-order valence-corrected chi connectivity index (χ1v) is 5.20. The molecular weight excluding hydrogens is 311 g/mol. The normalized spacial score (nSPS) is 10.5. The van der Waals surface area contributed by atoms with Crippen LogP contribution >= 0.6 is 22.6 Å². The van der Waals surface area contributed by atoms with Crippen LogP contribution in [0.2, 0.25) is 0 Å². The molecule has 2 aromatic rings. The summed E-state index contributed by atoms with van der Waals surface area (Å²) in [5.74, 6) is 0.515. The fraction of sp³-hybridized carbons (Fsp3) is 0.100. The van der Waals surface area contributed by atoms with E-state index in [4.69, 9.17) is 9.15 Å². The summed E-state index contributed by atoms with van der Waals surface area (Å²) in [5.41, 5.74) is -0.104. The minimum atomic E-state index is -0.451. The third kappa shape index (κ3) is 1.67. The molecule has 4 nitrogen and oxygen atoms in total. The maximum atomic E-state index is 11.1. The SMILES string of the molecule is COc1cc(O)c(I)c2oc(=O)ccc12. The standard InChI is InChI=1S/C10H7IO4/c1-14-7-4-6(12)9(11)10-5(7)2-3-8(13)15-10/h2-4,12H,1H3. The highest BCUT2D eigenvalue weighted by Crippen LogP contribution is 2.34. The summed E-state index contributed by atoms with van der Waals surface area (Å²) in [6, 6.07) is 4.42. The molecule has 0 atom stereocenters. The van der Waals surface area contributed by atoms with Crippen molar-refractivity contribution in [3.63, 3.8) is 0 Å². The Bertz CT molecular complexity index is 573. The molecule has 0 unspecified atom stereocenters. The van der Waals surface area contributed by atoms with E-state index >= 15 is 0 Å². The van der Waals surface area contributed by atoms with Crippen LogP contribution < -0.4 is 10.4 Å². The van der Waals surface area contributed by atoms with Crippen molar-refractivity contribution in [2.75, 3.05) is 7.11 Å². The smallest absolute Gasteiger partial charge is 0.336 e. The van der Waals surface area contributed by atoms with Crippen LogP contribution in [0.25, 0.3) is 11.0 Å². The van der Waals surface area contributed by atoms with E-state index in [1.807, 2.05) is 22.6 Å². The number of phenolic OH excluding ortho intramolecular Hbond substituents is 1. The van der Waals surface area contributed by atoms with Crippen molar-refractivity contribution < 1.29 is 14.3 Å². The molecule has 0 amide bonds. The molecule has 0 fully saturated rings. The predicted molar refractivity (Wildman–Crippen MR) is 63.4 cm³/mol. The van der Waals surface area contributed by atoms with Gasteiger partial charge in [0.05, 0.1) is 16.1 Å². The second-order valence-corrected chi connectivity index (χ2v) is 3.99. The van der Waals surface area contributed by atoms with Crippen molar-refractivity contribution in [3.8, 4) is 11.5 Å². The summed E-state index contributed by atoms with van der Waals surface area (Å²) in [6.45, 7) is 0. The van der Waals surface area contributed by atoms with Crippen LogP contribution in [-0.4, -0.2) is 12.2 Å². The first-order valence-electron chi connectivity index (χ1n) is 4.13. The van der Waals surface area contributed by atoms with E-state index in [-0.39, 0.29) is 5.75 Å². The summed E-state index contributed by atoms with van der Waals surface area (Å²) in [6.07, 6.45) is 0. The number of hydrogen-bond donors (Lipinski definition) is 1. The zero-order valence-electron chi connectivity index (χ0n) is 7.78. The third-order valence-corrected chi connectivity index (χ3v) is 3.05. The predicted octanol–water partition coefficient (Wildman–Crippen LogP) is 2.11. The van der Waals surface area contributed by atoms with Gasteiger partial charge in [0.2, 0.25) is 0 Å². The van der Waals surface area contributed by atoms with Gasteiger partial charge in [-0.2, -0.15) is 0 Å². The lowest BCUT2D eigenvalue weighted by atomic mass is 10.2. The van der Waals surface area contributed by atoms with Crippen molar-refractivity contribution in [2.24, 2.45) is 0 Å². The Morgan fingerprint density at radius 1 is 1.47 bits per heavy atom. The Hall–Kier alpha value is -1.24. The molecule has 0 aliphatic rings. The minimum absolute atomic E-state index is 0.0364. The van der Waals surface area contributed by atoms with E-state index in [0.29, 0.717) is 20.3 Å². The number of methoxy groups -OCH3 is 1. The lowest BCUT2D eigenvalue weighted by Crippen LogP contribution is -1.97. The number of hydrogen-bond acceptors (Lipinski definition) is 4. The van der Waals surface area contributed by atoms with Gasteiger partial charge in [-0.3, -0.25) is 0 Å². The van der Waals surface area contributed by atoms with E-state index in [9.17, 15) is 9.90 Å². The van der Waals surface area contributed by atoms with Crippen molar-refractivity contribution in [1.29, 1.82) is 0 Å². The molecule has 1 aromatic heterocycles. The van der Waals surface area contributed by atoms with Gasteiger partial charge in [0.25, 0.3) is 0 Å². The van der Waals surface area contributed by atoms with Gasteiger partial charge in [-0.25, -0.2) is 4.79 Å². The molecule has 78 valence electrons. The molecule has 0 saturated heterocycles. The highest BCUT2D eigenvalue weighted by atomic mass is 127. The molecule has 15 heavy (non-hydrogen) atoms. The third-order valence-electron chi connectivity index (χ3n) is 2.01. The number of aromatic hydroxyl groups is 1. The zero-order valence-corrected chi connectivity index (χ0v) is 9.94. The summed E-state index contributed by atoms with van der Waals surface area (Å²) >= 11 is 1.91. The van der Waals surface area contributed by atoms with E-state index < -0.39 is 5.63 Å². The molecular formula is C10H7IO4. The van der Waals surface area contributed by atoms with Gasteiger partial charge < -0.3 is 14.3 Å². The fourth-order valence-electron chi connectivity index (χ4n) is 1.32. The van der Waals surface area contributed by atoms with Crippen molar-refractivity contribution in [3.05, 3.63) is 32.2 Å². The van der Waals surface area contributed by atoms with Gasteiger partial charge in [-0.1, -0.05) is 0 Å². The van der Waals surface area contributed by atoms with Gasteiger partial charge >= 0.3 is 5.63 Å². The lowest BCUT2D eigenvalue weighted by molar-refractivity contribution is 0.410. The zero-order chi connectivity index (χ0) is 11.0. The molecule has 0 saturated carbocycles. The maximum absolute atomic E-state index is 11.1. The highest BCUT2D eigenvalue weighted by Gasteiger charge is 2.12. The van der Waals surface area contributed by atoms with E-state index in [1.54, 1.807) is 6.07 Å². The average molecular weight is 318 g/mol. The Labute approximate surface area is 98.6 Å². The van der Waals surface area contributed by atoms with E-state index in [2.05, 4.69) is 0 Å². The van der Waals surface area contributed by atoms with Gasteiger partial charge in [0, 0.05) is 12.1 Å². The molecule has 2 rings (SSSR count). The molecule has 0 radical (unpaired) electrons. The average Bonchev–Trinajstić information content (AvgIpc) is 2.23. The van der Waals surface area contributed by atoms with Crippen LogP contribution in [0.3, 0.4) is 0 Å². The summed E-state index contributed by atoms with van der Waals surface area (Å²) < 4.78 is 10.6. The Kier molecular flexibility index (Phi) is 2.56. The molecule has 0 bridgehead atoms. The molecule has 0 aliphatic carbocycles. The molecule has 0 aliphatic heterocycles. The molecule has 1 aromatic carbocycles. The van der Waals surface area contributed by atoms with Crippen LogP contribution in [0.5, 0.6) is 11.5 Å². The van der Waals surface area contributed by atoms with Crippen LogP contribution in [0.1, 0.15) is 0 Å². The Balaban J connectivity index is 2.96. The number of phenols is 1. The lowest BCUT2D eigenvalue weighted by Gasteiger charge is -2.06. The van der Waals surface area contributed by atoms with Crippen molar-refractivity contribution in [2.45, 2.75) is 0 Å². The number of rotatable bonds is 1. The summed E-state index contributed by atoms with van der Waals surface area (Å²) in [7, 11) is 1.49. The second-order valence-electron chi connectivity index (χ2n) is 2.91. The first kappa shape index (κ1) is 10.3.